The summed E-state index contributed by atoms with van der Waals surface area (Å²) in [7, 11) is 0. The summed E-state index contributed by atoms with van der Waals surface area (Å²) in [6.45, 7) is 0.916. The number of anilines is 1. The number of nitrogens with zero attached hydrogens (tertiary/aromatic N) is 1. The van der Waals surface area contributed by atoms with Crippen molar-refractivity contribution in [2.24, 2.45) is 5.73 Å². The normalized spacial score (nSPS) is 9.95. The van der Waals surface area contributed by atoms with Gasteiger partial charge in [0.2, 0.25) is 0 Å². The van der Waals surface area contributed by atoms with Crippen molar-refractivity contribution in [2.45, 2.75) is 13.1 Å². The third-order valence-corrected chi connectivity index (χ3v) is 2.62. The highest BCUT2D eigenvalue weighted by Crippen LogP contribution is 2.09. The van der Waals surface area contributed by atoms with Gasteiger partial charge in [0.25, 0.3) is 0 Å². The molecule has 0 aliphatic heterocycles. The van der Waals surface area contributed by atoms with Crippen LogP contribution in [0.3, 0.4) is 0 Å². The van der Waals surface area contributed by atoms with Crippen LogP contribution in [0.2, 0.25) is 0 Å². The third-order valence-electron chi connectivity index (χ3n) is 2.62. The summed E-state index contributed by atoms with van der Waals surface area (Å²) in [6.07, 6.45) is 3.39. The van der Waals surface area contributed by atoms with Crippen LogP contribution in [0.1, 0.15) is 11.1 Å². The highest BCUT2D eigenvalue weighted by molar-refractivity contribution is 5.89. The minimum atomic E-state index is -0.244. The van der Waals surface area contributed by atoms with E-state index in [1.807, 2.05) is 36.4 Å². The third kappa shape index (κ3) is 4.08. The quantitative estimate of drug-likeness (QED) is 0.781. The average molecular weight is 256 g/mol. The number of aromatic nitrogens is 1. The Bertz CT molecular complexity index is 542. The Hall–Kier alpha value is -2.40. The summed E-state index contributed by atoms with van der Waals surface area (Å²) in [6, 6.07) is 10.9. The molecule has 5 nitrogen and oxygen atoms in total. The fourth-order valence-corrected chi connectivity index (χ4v) is 1.63. The van der Waals surface area contributed by atoms with E-state index in [0.29, 0.717) is 13.1 Å². The van der Waals surface area contributed by atoms with Crippen molar-refractivity contribution in [1.29, 1.82) is 0 Å². The van der Waals surface area contributed by atoms with Crippen molar-refractivity contribution in [3.63, 3.8) is 0 Å². The summed E-state index contributed by atoms with van der Waals surface area (Å²) < 4.78 is 0. The number of benzene rings is 1. The van der Waals surface area contributed by atoms with Crippen LogP contribution in [0, 0.1) is 0 Å². The Labute approximate surface area is 111 Å². The molecule has 0 saturated heterocycles. The van der Waals surface area contributed by atoms with Crippen LogP contribution in [0.5, 0.6) is 0 Å². The zero-order chi connectivity index (χ0) is 13.5. The molecule has 0 fully saturated rings. The van der Waals surface area contributed by atoms with Gasteiger partial charge in [0.1, 0.15) is 0 Å². The molecule has 4 N–H and O–H groups in total. The van der Waals surface area contributed by atoms with E-state index in [2.05, 4.69) is 15.6 Å². The van der Waals surface area contributed by atoms with Crippen LogP contribution < -0.4 is 16.4 Å². The number of hydrogen-bond acceptors (Lipinski definition) is 3. The number of urea groups is 1. The van der Waals surface area contributed by atoms with E-state index in [9.17, 15) is 4.79 Å². The largest absolute Gasteiger partial charge is 0.334 e. The molecule has 98 valence electrons. The van der Waals surface area contributed by atoms with Crippen molar-refractivity contribution in [3.05, 3.63) is 59.9 Å². The molecule has 0 saturated carbocycles. The van der Waals surface area contributed by atoms with Crippen molar-refractivity contribution < 1.29 is 4.79 Å². The second kappa shape index (κ2) is 6.51. The van der Waals surface area contributed by atoms with Crippen molar-refractivity contribution in [1.82, 2.24) is 10.3 Å². The lowest BCUT2D eigenvalue weighted by Gasteiger charge is -2.08. The van der Waals surface area contributed by atoms with E-state index in [4.69, 9.17) is 5.73 Å². The first-order chi connectivity index (χ1) is 9.28. The molecular weight excluding hydrogens is 240 g/mol. The minimum absolute atomic E-state index is 0.244. The first kappa shape index (κ1) is 13.0. The van der Waals surface area contributed by atoms with Crippen LogP contribution in [0.15, 0.2) is 48.8 Å². The predicted molar refractivity (Wildman–Crippen MR) is 74.4 cm³/mol. The molecule has 0 unspecified atom stereocenters. The molecule has 1 aromatic heterocycles. The zero-order valence-corrected chi connectivity index (χ0v) is 10.5. The van der Waals surface area contributed by atoms with E-state index in [0.717, 1.165) is 16.8 Å². The first-order valence-electron chi connectivity index (χ1n) is 6.00. The van der Waals surface area contributed by atoms with Crippen LogP contribution in [0.25, 0.3) is 0 Å². The lowest BCUT2D eigenvalue weighted by atomic mass is 10.2. The van der Waals surface area contributed by atoms with Gasteiger partial charge >= 0.3 is 6.03 Å². The van der Waals surface area contributed by atoms with E-state index >= 15 is 0 Å². The van der Waals surface area contributed by atoms with Gasteiger partial charge in [-0.15, -0.1) is 0 Å². The number of carbonyl (C=O) groups is 1. The van der Waals surface area contributed by atoms with E-state index < -0.39 is 0 Å². The maximum absolute atomic E-state index is 11.7. The Morgan fingerprint density at radius 1 is 1.16 bits per heavy atom. The lowest BCUT2D eigenvalue weighted by Crippen LogP contribution is -2.28. The fourth-order valence-electron chi connectivity index (χ4n) is 1.63. The van der Waals surface area contributed by atoms with Gasteiger partial charge in [0, 0.05) is 31.2 Å². The second-order valence-electron chi connectivity index (χ2n) is 4.07. The Balaban J connectivity index is 1.87. The molecule has 0 bridgehead atoms. The molecule has 2 aromatic rings. The molecule has 1 heterocycles. The summed E-state index contributed by atoms with van der Waals surface area (Å²) in [5.41, 5.74) is 8.26. The van der Waals surface area contributed by atoms with Crippen LogP contribution in [-0.2, 0) is 13.1 Å². The van der Waals surface area contributed by atoms with Gasteiger partial charge < -0.3 is 16.4 Å². The molecule has 1 aromatic carbocycles. The van der Waals surface area contributed by atoms with Gasteiger partial charge in [0.15, 0.2) is 0 Å². The van der Waals surface area contributed by atoms with Crippen molar-refractivity contribution in [2.75, 3.05) is 5.32 Å². The fraction of sp³-hybridized carbons (Fsp3) is 0.143. The second-order valence-corrected chi connectivity index (χ2v) is 4.07. The van der Waals surface area contributed by atoms with Gasteiger partial charge in [-0.1, -0.05) is 12.1 Å². The maximum Gasteiger partial charge on any atom is 0.319 e. The van der Waals surface area contributed by atoms with Gasteiger partial charge in [-0.3, -0.25) is 4.98 Å². The minimum Gasteiger partial charge on any atom is -0.334 e. The molecule has 0 radical (unpaired) electrons. The summed E-state index contributed by atoms with van der Waals surface area (Å²) >= 11 is 0. The van der Waals surface area contributed by atoms with E-state index in [-0.39, 0.29) is 6.03 Å². The van der Waals surface area contributed by atoms with Crippen LogP contribution in [0.4, 0.5) is 10.5 Å². The Morgan fingerprint density at radius 3 is 2.68 bits per heavy atom. The SMILES string of the molecule is NCc1cccc(NC(=O)NCc2ccncc2)c1. The number of nitrogens with one attached hydrogen (secondary N) is 2. The van der Waals surface area contributed by atoms with Crippen LogP contribution in [-0.4, -0.2) is 11.0 Å². The average Bonchev–Trinajstić information content (AvgIpc) is 2.46. The van der Waals surface area contributed by atoms with Crippen molar-refractivity contribution in [3.8, 4) is 0 Å². The Morgan fingerprint density at radius 2 is 1.95 bits per heavy atom. The van der Waals surface area contributed by atoms with Gasteiger partial charge in [-0.05, 0) is 35.4 Å². The van der Waals surface area contributed by atoms with Gasteiger partial charge in [-0.2, -0.15) is 0 Å². The first-order valence-corrected chi connectivity index (χ1v) is 6.00. The molecule has 5 heteroatoms. The highest BCUT2D eigenvalue weighted by Gasteiger charge is 2.02. The van der Waals surface area contributed by atoms with E-state index in [1.165, 1.54) is 0 Å². The molecule has 2 rings (SSSR count). The highest BCUT2D eigenvalue weighted by atomic mass is 16.2. The van der Waals surface area contributed by atoms with Gasteiger partial charge in [0.05, 0.1) is 0 Å². The molecular formula is C14H16N4O. The standard InChI is InChI=1S/C14H16N4O/c15-9-12-2-1-3-13(8-12)18-14(19)17-10-11-4-6-16-7-5-11/h1-8H,9-10,15H2,(H2,17,18,19). The summed E-state index contributed by atoms with van der Waals surface area (Å²) in [5, 5.41) is 5.54. The van der Waals surface area contributed by atoms with E-state index in [1.54, 1.807) is 12.4 Å². The molecule has 0 aliphatic rings. The predicted octanol–water partition coefficient (Wildman–Crippen LogP) is 1.86. The molecule has 0 spiro atoms. The number of nitrogens with two attached hydrogens (primary N) is 1. The lowest BCUT2D eigenvalue weighted by molar-refractivity contribution is 0.251. The number of pyridine rings is 1. The Kier molecular flexibility index (Phi) is 4.47. The van der Waals surface area contributed by atoms with Crippen LogP contribution >= 0.6 is 0 Å². The number of amides is 2. The smallest absolute Gasteiger partial charge is 0.319 e. The molecule has 2 amide bonds. The molecule has 19 heavy (non-hydrogen) atoms. The monoisotopic (exact) mass is 256 g/mol. The molecule has 0 atom stereocenters. The summed E-state index contributed by atoms with van der Waals surface area (Å²) in [4.78, 5) is 15.6. The summed E-state index contributed by atoms with van der Waals surface area (Å²) in [5.74, 6) is 0. The maximum atomic E-state index is 11.7. The number of hydrogen-bond donors (Lipinski definition) is 3. The molecule has 0 aliphatic carbocycles. The topological polar surface area (TPSA) is 80.0 Å². The van der Waals surface area contributed by atoms with Crippen molar-refractivity contribution >= 4 is 11.7 Å². The van der Waals surface area contributed by atoms with Gasteiger partial charge in [-0.25, -0.2) is 4.79 Å². The number of rotatable bonds is 4. The number of carbonyl (C=O) groups excluding carboxylic acids is 1. The zero-order valence-electron chi connectivity index (χ0n) is 10.5.